The summed E-state index contributed by atoms with van der Waals surface area (Å²) in [5.74, 6) is -1.11. The summed E-state index contributed by atoms with van der Waals surface area (Å²) < 4.78 is 10.7. The SMILES string of the molecule is C[C@@H]1CC(=O)[C@@H](CC(=O)OCc2ncc(-c3ccccc3)o2)[C@@H]1C[N+](=O)[O-]. The number of ketones is 1. The van der Waals surface area contributed by atoms with Crippen LogP contribution in [0.5, 0.6) is 0 Å². The number of esters is 1. The Hall–Kier alpha value is -3.03. The van der Waals surface area contributed by atoms with Crippen LogP contribution < -0.4 is 0 Å². The zero-order chi connectivity index (χ0) is 19.4. The van der Waals surface area contributed by atoms with E-state index in [4.69, 9.17) is 9.15 Å². The molecule has 1 aromatic heterocycles. The Kier molecular flexibility index (Phi) is 5.63. The molecule has 1 fully saturated rings. The summed E-state index contributed by atoms with van der Waals surface area (Å²) in [6.07, 6.45) is 1.65. The fourth-order valence-corrected chi connectivity index (χ4v) is 3.49. The van der Waals surface area contributed by atoms with Crippen molar-refractivity contribution in [2.45, 2.75) is 26.4 Å². The molecular weight excluding hydrogens is 352 g/mol. The van der Waals surface area contributed by atoms with Crippen LogP contribution in [-0.4, -0.2) is 28.2 Å². The molecule has 1 aliphatic carbocycles. The number of carbonyl (C=O) groups is 2. The van der Waals surface area contributed by atoms with E-state index in [1.165, 1.54) is 0 Å². The highest BCUT2D eigenvalue weighted by atomic mass is 16.6. The van der Waals surface area contributed by atoms with Gasteiger partial charge in [-0.05, 0) is 5.92 Å². The van der Waals surface area contributed by atoms with E-state index in [9.17, 15) is 19.7 Å². The summed E-state index contributed by atoms with van der Waals surface area (Å²) in [5, 5.41) is 10.8. The van der Waals surface area contributed by atoms with Crippen molar-refractivity contribution < 1.29 is 23.7 Å². The van der Waals surface area contributed by atoms with Gasteiger partial charge in [0.2, 0.25) is 12.4 Å². The van der Waals surface area contributed by atoms with E-state index in [0.717, 1.165) is 5.56 Å². The van der Waals surface area contributed by atoms with Crippen molar-refractivity contribution in [1.29, 1.82) is 0 Å². The second-order valence-electron chi connectivity index (χ2n) is 6.78. The molecular formula is C19H20N2O6. The third-order valence-electron chi connectivity index (χ3n) is 4.90. The molecule has 8 heteroatoms. The maximum absolute atomic E-state index is 12.1. The summed E-state index contributed by atoms with van der Waals surface area (Å²) in [7, 11) is 0. The van der Waals surface area contributed by atoms with Gasteiger partial charge in [-0.25, -0.2) is 4.98 Å². The molecule has 0 N–H and O–H groups in total. The summed E-state index contributed by atoms with van der Waals surface area (Å²) in [6.45, 7) is 1.34. The lowest BCUT2D eigenvalue weighted by Crippen LogP contribution is -2.27. The van der Waals surface area contributed by atoms with E-state index in [0.29, 0.717) is 5.76 Å². The average Bonchev–Trinajstić information content (AvgIpc) is 3.21. The van der Waals surface area contributed by atoms with Crippen LogP contribution in [0.4, 0.5) is 0 Å². The van der Waals surface area contributed by atoms with Gasteiger partial charge in [0.05, 0.1) is 12.6 Å². The van der Waals surface area contributed by atoms with Crippen LogP contribution in [-0.2, 0) is 20.9 Å². The number of ether oxygens (including phenoxy) is 1. The summed E-state index contributed by atoms with van der Waals surface area (Å²) in [4.78, 5) is 38.7. The van der Waals surface area contributed by atoms with Gasteiger partial charge in [0.15, 0.2) is 12.4 Å². The number of oxazole rings is 1. The minimum Gasteiger partial charge on any atom is -0.456 e. The van der Waals surface area contributed by atoms with Crippen LogP contribution in [0.25, 0.3) is 11.3 Å². The second-order valence-corrected chi connectivity index (χ2v) is 6.78. The second kappa shape index (κ2) is 8.11. The molecule has 1 aliphatic rings. The van der Waals surface area contributed by atoms with Gasteiger partial charge in [-0.15, -0.1) is 0 Å². The summed E-state index contributed by atoms with van der Waals surface area (Å²) in [6, 6.07) is 9.38. The zero-order valence-electron chi connectivity index (χ0n) is 14.9. The van der Waals surface area contributed by atoms with Crippen LogP contribution >= 0.6 is 0 Å². The maximum Gasteiger partial charge on any atom is 0.307 e. The highest BCUT2D eigenvalue weighted by Crippen LogP contribution is 2.36. The molecule has 1 aromatic carbocycles. The maximum atomic E-state index is 12.1. The molecule has 0 saturated heterocycles. The van der Waals surface area contributed by atoms with Gasteiger partial charge >= 0.3 is 5.97 Å². The van der Waals surface area contributed by atoms with E-state index >= 15 is 0 Å². The van der Waals surface area contributed by atoms with Crippen LogP contribution in [0.3, 0.4) is 0 Å². The molecule has 27 heavy (non-hydrogen) atoms. The lowest BCUT2D eigenvalue weighted by molar-refractivity contribution is -0.490. The number of benzene rings is 1. The minimum atomic E-state index is -0.665. The lowest BCUT2D eigenvalue weighted by atomic mass is 9.88. The number of Topliss-reactive ketones (excluding diaryl/α,β-unsaturated/α-hetero) is 1. The van der Waals surface area contributed by atoms with Crippen molar-refractivity contribution in [2.75, 3.05) is 6.54 Å². The monoisotopic (exact) mass is 372 g/mol. The average molecular weight is 372 g/mol. The quantitative estimate of drug-likeness (QED) is 0.417. The Balaban J connectivity index is 1.56. The number of hydrogen-bond donors (Lipinski definition) is 0. The molecule has 0 radical (unpaired) electrons. The van der Waals surface area contributed by atoms with Gasteiger partial charge in [0.1, 0.15) is 5.78 Å². The Morgan fingerprint density at radius 1 is 1.37 bits per heavy atom. The predicted molar refractivity (Wildman–Crippen MR) is 94.0 cm³/mol. The topological polar surface area (TPSA) is 113 Å². The largest absolute Gasteiger partial charge is 0.456 e. The Labute approximate surface area is 155 Å². The van der Waals surface area contributed by atoms with Crippen molar-refractivity contribution in [3.8, 4) is 11.3 Å². The molecule has 0 bridgehead atoms. The molecule has 0 amide bonds. The number of carbonyl (C=O) groups excluding carboxylic acids is 2. The molecule has 3 atom stereocenters. The molecule has 3 rings (SSSR count). The van der Waals surface area contributed by atoms with Gasteiger partial charge in [-0.2, -0.15) is 0 Å². The fourth-order valence-electron chi connectivity index (χ4n) is 3.49. The number of aromatic nitrogens is 1. The predicted octanol–water partition coefficient (Wildman–Crippen LogP) is 2.89. The van der Waals surface area contributed by atoms with Crippen LogP contribution in [0, 0.1) is 27.9 Å². The Morgan fingerprint density at radius 3 is 2.81 bits per heavy atom. The van der Waals surface area contributed by atoms with Crippen LogP contribution in [0.15, 0.2) is 40.9 Å². The van der Waals surface area contributed by atoms with Crippen molar-refractivity contribution in [2.24, 2.45) is 17.8 Å². The Morgan fingerprint density at radius 2 is 2.11 bits per heavy atom. The Bertz CT molecular complexity index is 832. The summed E-state index contributed by atoms with van der Waals surface area (Å²) in [5.41, 5.74) is 0.857. The number of rotatable bonds is 7. The number of nitrogens with zero attached hydrogens (tertiary/aromatic N) is 2. The van der Waals surface area contributed by atoms with E-state index < -0.39 is 22.7 Å². The number of hydrogen-bond acceptors (Lipinski definition) is 7. The molecule has 0 unspecified atom stereocenters. The molecule has 1 heterocycles. The fraction of sp³-hybridized carbons (Fsp3) is 0.421. The summed E-state index contributed by atoms with van der Waals surface area (Å²) >= 11 is 0. The minimum absolute atomic E-state index is 0.110. The van der Waals surface area contributed by atoms with Gasteiger partial charge in [-0.3, -0.25) is 19.7 Å². The molecule has 142 valence electrons. The highest BCUT2D eigenvalue weighted by molar-refractivity contribution is 5.87. The van der Waals surface area contributed by atoms with Gasteiger partial charge in [0.25, 0.3) is 0 Å². The first-order chi connectivity index (χ1) is 12.9. The van der Waals surface area contributed by atoms with Gasteiger partial charge in [0, 0.05) is 28.7 Å². The van der Waals surface area contributed by atoms with Crippen molar-refractivity contribution in [3.63, 3.8) is 0 Å². The zero-order valence-corrected chi connectivity index (χ0v) is 14.9. The highest BCUT2D eigenvalue weighted by Gasteiger charge is 2.44. The van der Waals surface area contributed by atoms with E-state index in [-0.39, 0.29) is 43.6 Å². The van der Waals surface area contributed by atoms with Crippen molar-refractivity contribution in [1.82, 2.24) is 4.98 Å². The third kappa shape index (κ3) is 4.58. The number of nitro groups is 1. The van der Waals surface area contributed by atoms with Gasteiger partial charge < -0.3 is 9.15 Å². The first kappa shape index (κ1) is 18.8. The van der Waals surface area contributed by atoms with E-state index in [2.05, 4.69) is 4.98 Å². The first-order valence-electron chi connectivity index (χ1n) is 8.74. The standard InChI is InChI=1S/C19H20N2O6/c1-12-7-16(22)14(15(12)10-21(24)25)8-19(23)26-11-18-20-9-17(27-18)13-5-3-2-4-6-13/h2-6,9,12,14-15H,7-8,10-11H2,1H3/t12-,14+,15-/m1/s1. The van der Waals surface area contributed by atoms with Crippen LogP contribution in [0.2, 0.25) is 0 Å². The van der Waals surface area contributed by atoms with E-state index in [1.807, 2.05) is 30.3 Å². The molecule has 2 aromatic rings. The van der Waals surface area contributed by atoms with Gasteiger partial charge in [-0.1, -0.05) is 37.3 Å². The normalized spacial score (nSPS) is 22.0. The molecule has 0 aliphatic heterocycles. The third-order valence-corrected chi connectivity index (χ3v) is 4.90. The van der Waals surface area contributed by atoms with E-state index in [1.54, 1.807) is 13.1 Å². The smallest absolute Gasteiger partial charge is 0.307 e. The van der Waals surface area contributed by atoms with Crippen molar-refractivity contribution in [3.05, 3.63) is 52.5 Å². The molecule has 1 saturated carbocycles. The molecule has 0 spiro atoms. The lowest BCUT2D eigenvalue weighted by Gasteiger charge is -2.16. The molecule has 8 nitrogen and oxygen atoms in total. The first-order valence-corrected chi connectivity index (χ1v) is 8.74. The van der Waals surface area contributed by atoms with Crippen LogP contribution in [0.1, 0.15) is 25.7 Å². The van der Waals surface area contributed by atoms with Crippen molar-refractivity contribution >= 4 is 11.8 Å².